The van der Waals surface area contributed by atoms with E-state index in [1.165, 1.54) is 31.2 Å². The van der Waals surface area contributed by atoms with Gasteiger partial charge in [-0.25, -0.2) is 0 Å². The Morgan fingerprint density at radius 3 is 2.67 bits per heavy atom. The zero-order chi connectivity index (χ0) is 13.0. The Kier molecular flexibility index (Phi) is 5.04. The van der Waals surface area contributed by atoms with E-state index in [0.717, 1.165) is 17.4 Å². The average Bonchev–Trinajstić information content (AvgIpc) is 2.37. The second-order valence-electron chi connectivity index (χ2n) is 5.63. The molecule has 0 aromatic heterocycles. The summed E-state index contributed by atoms with van der Waals surface area (Å²) in [7, 11) is 0. The summed E-state index contributed by atoms with van der Waals surface area (Å²) < 4.78 is 0. The fourth-order valence-corrected chi connectivity index (χ4v) is 3.18. The van der Waals surface area contributed by atoms with E-state index < -0.39 is 0 Å². The summed E-state index contributed by atoms with van der Waals surface area (Å²) in [5, 5.41) is 0.806. The zero-order valence-corrected chi connectivity index (χ0v) is 11.8. The van der Waals surface area contributed by atoms with Crippen LogP contribution in [0.3, 0.4) is 0 Å². The van der Waals surface area contributed by atoms with Crippen molar-refractivity contribution in [2.24, 2.45) is 17.7 Å². The van der Waals surface area contributed by atoms with Crippen molar-refractivity contribution in [3.8, 4) is 0 Å². The van der Waals surface area contributed by atoms with Crippen molar-refractivity contribution in [1.29, 1.82) is 0 Å². The SMILES string of the molecule is CC1CCC(C(Cc2cccc(Cl)c2)NN)CC1. The van der Waals surface area contributed by atoms with E-state index in [4.69, 9.17) is 17.4 Å². The molecule has 1 atom stereocenters. The van der Waals surface area contributed by atoms with Crippen molar-refractivity contribution in [3.05, 3.63) is 34.9 Å². The highest BCUT2D eigenvalue weighted by Gasteiger charge is 2.25. The Hall–Kier alpha value is -0.570. The summed E-state index contributed by atoms with van der Waals surface area (Å²) in [6.07, 6.45) is 6.21. The summed E-state index contributed by atoms with van der Waals surface area (Å²) >= 11 is 6.02. The number of benzene rings is 1. The minimum atomic E-state index is 0.371. The number of rotatable bonds is 4. The summed E-state index contributed by atoms with van der Waals surface area (Å²) in [5.74, 6) is 7.32. The second kappa shape index (κ2) is 6.55. The van der Waals surface area contributed by atoms with Crippen molar-refractivity contribution < 1.29 is 0 Å². The molecule has 0 spiro atoms. The summed E-state index contributed by atoms with van der Waals surface area (Å²) in [6.45, 7) is 2.35. The van der Waals surface area contributed by atoms with Gasteiger partial charge >= 0.3 is 0 Å². The van der Waals surface area contributed by atoms with Crippen LogP contribution < -0.4 is 11.3 Å². The van der Waals surface area contributed by atoms with Gasteiger partial charge in [-0.3, -0.25) is 11.3 Å². The molecule has 0 aliphatic heterocycles. The molecular formula is C15H23ClN2. The molecule has 1 unspecified atom stereocenters. The quantitative estimate of drug-likeness (QED) is 0.646. The minimum absolute atomic E-state index is 0.371. The van der Waals surface area contributed by atoms with Crippen LogP contribution in [0.4, 0.5) is 0 Å². The van der Waals surface area contributed by atoms with E-state index in [1.54, 1.807) is 0 Å². The van der Waals surface area contributed by atoms with Crippen LogP contribution in [0.1, 0.15) is 38.2 Å². The van der Waals surface area contributed by atoms with Gasteiger partial charge in [0.05, 0.1) is 0 Å². The second-order valence-corrected chi connectivity index (χ2v) is 6.06. The third-order valence-electron chi connectivity index (χ3n) is 4.19. The maximum atomic E-state index is 6.02. The third-order valence-corrected chi connectivity index (χ3v) is 4.42. The van der Waals surface area contributed by atoms with E-state index in [0.29, 0.717) is 12.0 Å². The summed E-state index contributed by atoms with van der Waals surface area (Å²) in [4.78, 5) is 0. The largest absolute Gasteiger partial charge is 0.271 e. The van der Waals surface area contributed by atoms with E-state index in [2.05, 4.69) is 18.4 Å². The number of hydrazine groups is 1. The molecule has 1 saturated carbocycles. The topological polar surface area (TPSA) is 38.0 Å². The lowest BCUT2D eigenvalue weighted by Gasteiger charge is -2.32. The van der Waals surface area contributed by atoms with Gasteiger partial charge in [-0.05, 0) is 48.8 Å². The van der Waals surface area contributed by atoms with Crippen molar-refractivity contribution >= 4 is 11.6 Å². The molecule has 1 aromatic carbocycles. The molecule has 2 rings (SSSR count). The normalized spacial score (nSPS) is 25.9. The summed E-state index contributed by atoms with van der Waals surface area (Å²) in [5.41, 5.74) is 4.28. The number of nitrogens with one attached hydrogen (secondary N) is 1. The third kappa shape index (κ3) is 3.71. The van der Waals surface area contributed by atoms with Crippen molar-refractivity contribution in [2.75, 3.05) is 0 Å². The lowest BCUT2D eigenvalue weighted by molar-refractivity contribution is 0.229. The van der Waals surface area contributed by atoms with Crippen molar-refractivity contribution in [2.45, 2.75) is 45.1 Å². The molecule has 1 aliphatic rings. The van der Waals surface area contributed by atoms with Gasteiger partial charge in [-0.15, -0.1) is 0 Å². The van der Waals surface area contributed by atoms with Gasteiger partial charge in [0.25, 0.3) is 0 Å². The van der Waals surface area contributed by atoms with E-state index in [9.17, 15) is 0 Å². The highest BCUT2D eigenvalue weighted by atomic mass is 35.5. The van der Waals surface area contributed by atoms with Crippen LogP contribution in [-0.4, -0.2) is 6.04 Å². The maximum absolute atomic E-state index is 6.02. The Morgan fingerprint density at radius 2 is 2.06 bits per heavy atom. The van der Waals surface area contributed by atoms with Crippen molar-refractivity contribution in [3.63, 3.8) is 0 Å². The molecule has 0 bridgehead atoms. The highest BCUT2D eigenvalue weighted by molar-refractivity contribution is 6.30. The number of hydrogen-bond acceptors (Lipinski definition) is 2. The fraction of sp³-hybridized carbons (Fsp3) is 0.600. The molecule has 1 aromatic rings. The van der Waals surface area contributed by atoms with Crippen LogP contribution in [0, 0.1) is 11.8 Å². The van der Waals surface area contributed by atoms with Crippen molar-refractivity contribution in [1.82, 2.24) is 5.43 Å². The lowest BCUT2D eigenvalue weighted by Crippen LogP contribution is -2.43. The number of nitrogens with two attached hydrogens (primary N) is 1. The zero-order valence-electron chi connectivity index (χ0n) is 11.0. The first kappa shape index (κ1) is 13.9. The maximum Gasteiger partial charge on any atom is 0.0408 e. The van der Waals surface area contributed by atoms with Gasteiger partial charge < -0.3 is 0 Å². The van der Waals surface area contributed by atoms with Crippen LogP contribution in [0.25, 0.3) is 0 Å². The Balaban J connectivity index is 1.96. The van der Waals surface area contributed by atoms with Gasteiger partial charge in [0.2, 0.25) is 0 Å². The van der Waals surface area contributed by atoms with E-state index in [1.807, 2.05) is 18.2 Å². The Labute approximate surface area is 115 Å². The van der Waals surface area contributed by atoms with Gasteiger partial charge in [0.1, 0.15) is 0 Å². The molecule has 100 valence electrons. The molecule has 1 aliphatic carbocycles. The van der Waals surface area contributed by atoms with Crippen LogP contribution in [0.2, 0.25) is 5.02 Å². The molecular weight excluding hydrogens is 244 g/mol. The molecule has 0 amide bonds. The first-order valence-electron chi connectivity index (χ1n) is 6.89. The molecule has 18 heavy (non-hydrogen) atoms. The monoisotopic (exact) mass is 266 g/mol. The standard InChI is InChI=1S/C15H23ClN2/c1-11-5-7-13(8-6-11)15(18-17)10-12-3-2-4-14(16)9-12/h2-4,9,11,13,15,18H,5-8,10,17H2,1H3. The molecule has 0 radical (unpaired) electrons. The first-order chi connectivity index (χ1) is 8.69. The fourth-order valence-electron chi connectivity index (χ4n) is 2.97. The molecule has 0 saturated heterocycles. The van der Waals surface area contributed by atoms with Gasteiger partial charge in [0, 0.05) is 11.1 Å². The highest BCUT2D eigenvalue weighted by Crippen LogP contribution is 2.31. The lowest BCUT2D eigenvalue weighted by atomic mass is 9.78. The van der Waals surface area contributed by atoms with E-state index >= 15 is 0 Å². The molecule has 1 fully saturated rings. The number of hydrogen-bond donors (Lipinski definition) is 2. The summed E-state index contributed by atoms with van der Waals surface area (Å²) in [6, 6.07) is 8.46. The Morgan fingerprint density at radius 1 is 1.33 bits per heavy atom. The van der Waals surface area contributed by atoms with Crippen LogP contribution in [0.5, 0.6) is 0 Å². The molecule has 3 heteroatoms. The van der Waals surface area contributed by atoms with Crippen LogP contribution >= 0.6 is 11.6 Å². The first-order valence-corrected chi connectivity index (χ1v) is 7.27. The smallest absolute Gasteiger partial charge is 0.0408 e. The molecule has 2 nitrogen and oxygen atoms in total. The molecule has 0 heterocycles. The minimum Gasteiger partial charge on any atom is -0.271 e. The van der Waals surface area contributed by atoms with Crippen LogP contribution in [0.15, 0.2) is 24.3 Å². The van der Waals surface area contributed by atoms with Gasteiger partial charge in [-0.1, -0.05) is 43.5 Å². The number of halogens is 1. The average molecular weight is 267 g/mol. The molecule has 3 N–H and O–H groups in total. The van der Waals surface area contributed by atoms with E-state index in [-0.39, 0.29) is 0 Å². The Bertz CT molecular complexity index is 373. The van der Waals surface area contributed by atoms with Gasteiger partial charge in [0.15, 0.2) is 0 Å². The van der Waals surface area contributed by atoms with Crippen LogP contribution in [-0.2, 0) is 6.42 Å². The van der Waals surface area contributed by atoms with Gasteiger partial charge in [-0.2, -0.15) is 0 Å². The predicted molar refractivity (Wildman–Crippen MR) is 77.4 cm³/mol. The predicted octanol–water partition coefficient (Wildman–Crippen LogP) is 3.54.